The third kappa shape index (κ3) is 4.29. The predicted molar refractivity (Wildman–Crippen MR) is 117 cm³/mol. The molecule has 1 N–H and O–H groups in total. The van der Waals surface area contributed by atoms with E-state index in [1.807, 2.05) is 11.9 Å². The van der Waals surface area contributed by atoms with E-state index in [4.69, 9.17) is 14.1 Å². The number of rotatable bonds is 6. The first kappa shape index (κ1) is 20.7. The van der Waals surface area contributed by atoms with E-state index in [2.05, 4.69) is 20.6 Å². The van der Waals surface area contributed by atoms with Gasteiger partial charge in [0.15, 0.2) is 5.84 Å². The van der Waals surface area contributed by atoms with Gasteiger partial charge >= 0.3 is 6.09 Å². The van der Waals surface area contributed by atoms with Gasteiger partial charge in [0, 0.05) is 30.4 Å². The normalized spacial score (nSPS) is 18.1. The van der Waals surface area contributed by atoms with Gasteiger partial charge in [-0.1, -0.05) is 16.4 Å². The number of oxime groups is 1. The molecular weight excluding hydrogens is 431 g/mol. The van der Waals surface area contributed by atoms with Crippen LogP contribution in [0.1, 0.15) is 5.69 Å². The predicted octanol–water partition coefficient (Wildman–Crippen LogP) is 2.94. The number of hydrogen-bond donors (Lipinski definition) is 1. The zero-order valence-corrected chi connectivity index (χ0v) is 17.8. The Morgan fingerprint density at radius 2 is 2.15 bits per heavy atom. The Hall–Kier alpha value is -4.15. The summed E-state index contributed by atoms with van der Waals surface area (Å²) in [5.41, 5.74) is 2.05. The summed E-state index contributed by atoms with van der Waals surface area (Å²) < 4.78 is 25.3. The Bertz CT molecular complexity index is 1170. The highest BCUT2D eigenvalue weighted by Gasteiger charge is 2.32. The van der Waals surface area contributed by atoms with Crippen molar-refractivity contribution in [3.05, 3.63) is 60.3 Å². The first-order valence-electron chi connectivity index (χ1n) is 10.4. The number of hydrogen-bond acceptors (Lipinski definition) is 9. The van der Waals surface area contributed by atoms with Crippen LogP contribution in [0.5, 0.6) is 0 Å². The van der Waals surface area contributed by atoms with Crippen molar-refractivity contribution >= 4 is 23.5 Å². The van der Waals surface area contributed by atoms with E-state index >= 15 is 0 Å². The van der Waals surface area contributed by atoms with Crippen molar-refractivity contribution < 1.29 is 23.3 Å². The summed E-state index contributed by atoms with van der Waals surface area (Å²) in [5.74, 6) is 0.645. The Balaban J connectivity index is 1.28. The molecule has 2 aliphatic rings. The molecule has 1 fully saturated rings. The van der Waals surface area contributed by atoms with Crippen LogP contribution < -0.4 is 10.2 Å². The summed E-state index contributed by atoms with van der Waals surface area (Å²) in [7, 11) is 1.91. The Morgan fingerprint density at radius 3 is 2.88 bits per heavy atom. The van der Waals surface area contributed by atoms with E-state index in [1.165, 1.54) is 17.2 Å². The number of aromatic nitrogens is 2. The molecule has 2 aromatic heterocycles. The summed E-state index contributed by atoms with van der Waals surface area (Å²) in [5, 5.41) is 10.6. The van der Waals surface area contributed by atoms with Crippen LogP contribution in [-0.4, -0.2) is 66.4 Å². The minimum Gasteiger partial charge on any atom is -0.442 e. The number of carbonyl (C=O) groups excluding carboxylic acids is 1. The zero-order valence-electron chi connectivity index (χ0n) is 17.8. The van der Waals surface area contributed by atoms with Gasteiger partial charge in [0.25, 0.3) is 0 Å². The molecule has 4 heterocycles. The second-order valence-electron chi connectivity index (χ2n) is 7.64. The number of amides is 1. The van der Waals surface area contributed by atoms with Crippen LogP contribution in [0.15, 0.2) is 58.5 Å². The smallest absolute Gasteiger partial charge is 0.414 e. The fourth-order valence-electron chi connectivity index (χ4n) is 3.65. The summed E-state index contributed by atoms with van der Waals surface area (Å²) in [4.78, 5) is 25.2. The second-order valence-corrected chi connectivity index (χ2v) is 7.64. The van der Waals surface area contributed by atoms with E-state index < -0.39 is 18.0 Å². The Morgan fingerprint density at radius 1 is 1.24 bits per heavy atom. The Labute approximate surface area is 188 Å². The number of nitrogens with one attached hydrogen (secondary N) is 1. The molecule has 1 amide bonds. The fourth-order valence-corrected chi connectivity index (χ4v) is 3.65. The number of likely N-dealkylation sites (N-methyl/N-ethyl adjacent to an activating group) is 1. The molecule has 0 radical (unpaired) electrons. The molecule has 0 aliphatic carbocycles. The quantitative estimate of drug-likeness (QED) is 0.609. The van der Waals surface area contributed by atoms with E-state index in [1.54, 1.807) is 36.5 Å². The average Bonchev–Trinajstić information content (AvgIpc) is 3.48. The number of halogens is 1. The highest BCUT2D eigenvalue weighted by molar-refractivity contribution is 5.97. The van der Waals surface area contributed by atoms with Crippen LogP contribution in [0.3, 0.4) is 0 Å². The lowest BCUT2D eigenvalue weighted by atomic mass is 10.1. The van der Waals surface area contributed by atoms with E-state index in [0.29, 0.717) is 53.9 Å². The molecular formula is C22H21FN6O4. The molecule has 0 spiro atoms. The van der Waals surface area contributed by atoms with Gasteiger partial charge < -0.3 is 24.3 Å². The molecule has 0 saturated carbocycles. The van der Waals surface area contributed by atoms with E-state index in [-0.39, 0.29) is 6.54 Å². The van der Waals surface area contributed by atoms with Gasteiger partial charge in [-0.3, -0.25) is 9.88 Å². The number of nitrogens with zero attached hydrogens (tertiary/aromatic N) is 5. The van der Waals surface area contributed by atoms with Gasteiger partial charge in [0.2, 0.25) is 5.88 Å². The van der Waals surface area contributed by atoms with Gasteiger partial charge in [0.1, 0.15) is 24.2 Å². The van der Waals surface area contributed by atoms with Crippen molar-refractivity contribution in [2.45, 2.75) is 6.10 Å². The Kier molecular flexibility index (Phi) is 5.51. The van der Waals surface area contributed by atoms with Crippen LogP contribution in [-0.2, 0) is 9.57 Å². The third-order valence-corrected chi connectivity index (χ3v) is 5.41. The molecule has 170 valence electrons. The molecule has 1 atom stereocenters. The molecule has 33 heavy (non-hydrogen) atoms. The van der Waals surface area contributed by atoms with Crippen LogP contribution in [0, 0.1) is 5.82 Å². The summed E-state index contributed by atoms with van der Waals surface area (Å²) in [6.07, 6.45) is 2.16. The van der Waals surface area contributed by atoms with Crippen molar-refractivity contribution in [3.63, 3.8) is 0 Å². The van der Waals surface area contributed by atoms with Crippen molar-refractivity contribution in [2.75, 3.05) is 43.5 Å². The molecule has 0 unspecified atom stereocenters. The third-order valence-electron chi connectivity index (χ3n) is 5.41. The summed E-state index contributed by atoms with van der Waals surface area (Å²) in [6.45, 7) is 1.88. The van der Waals surface area contributed by atoms with Crippen molar-refractivity contribution in [3.8, 4) is 11.1 Å². The molecule has 1 aromatic carbocycles. The lowest BCUT2D eigenvalue weighted by Crippen LogP contribution is -2.34. The summed E-state index contributed by atoms with van der Waals surface area (Å²) >= 11 is 0. The molecule has 11 heteroatoms. The summed E-state index contributed by atoms with van der Waals surface area (Å²) in [6, 6.07) is 9.86. The second kappa shape index (κ2) is 8.77. The maximum absolute atomic E-state index is 15.0. The zero-order chi connectivity index (χ0) is 22.8. The van der Waals surface area contributed by atoms with Crippen LogP contribution in [0.2, 0.25) is 0 Å². The number of ether oxygens (including phenoxy) is 1. The van der Waals surface area contributed by atoms with Gasteiger partial charge in [-0.05, 0) is 24.3 Å². The topological polar surface area (TPSA) is 105 Å². The van der Waals surface area contributed by atoms with Gasteiger partial charge in [0.05, 0.1) is 31.5 Å². The number of benzene rings is 1. The van der Waals surface area contributed by atoms with Gasteiger partial charge in [-0.25, -0.2) is 9.18 Å². The maximum Gasteiger partial charge on any atom is 0.414 e. The minimum atomic E-state index is -0.530. The van der Waals surface area contributed by atoms with E-state index in [9.17, 15) is 9.18 Å². The van der Waals surface area contributed by atoms with Crippen molar-refractivity contribution in [1.82, 2.24) is 15.0 Å². The highest BCUT2D eigenvalue weighted by atomic mass is 19.1. The van der Waals surface area contributed by atoms with Gasteiger partial charge in [-0.2, -0.15) is 0 Å². The average molecular weight is 452 g/mol. The first-order valence-corrected chi connectivity index (χ1v) is 10.4. The van der Waals surface area contributed by atoms with Gasteiger partial charge in [-0.15, -0.1) is 0 Å². The molecule has 1 saturated heterocycles. The molecule has 10 nitrogen and oxygen atoms in total. The number of anilines is 2. The number of carbonyl (C=O) groups is 1. The molecule has 2 aliphatic heterocycles. The lowest BCUT2D eigenvalue weighted by molar-refractivity contribution is 0.109. The number of cyclic esters (lactones) is 1. The fraction of sp³-hybridized carbons (Fsp3) is 0.273. The maximum atomic E-state index is 15.0. The number of pyridine rings is 1. The SMILES string of the molecule is CN1CCON=C1c1ccc(-c2ccc(N3C[C@H](CNc4ccno4)OC3=O)cc2F)cn1. The lowest BCUT2D eigenvalue weighted by Gasteiger charge is -2.23. The highest BCUT2D eigenvalue weighted by Crippen LogP contribution is 2.29. The molecule has 0 bridgehead atoms. The van der Waals surface area contributed by atoms with Crippen molar-refractivity contribution in [1.29, 1.82) is 0 Å². The monoisotopic (exact) mass is 452 g/mol. The minimum absolute atomic E-state index is 0.284. The largest absolute Gasteiger partial charge is 0.442 e. The number of amidine groups is 1. The van der Waals surface area contributed by atoms with Crippen molar-refractivity contribution in [2.24, 2.45) is 5.16 Å². The van der Waals surface area contributed by atoms with Crippen LogP contribution in [0.25, 0.3) is 11.1 Å². The standard InChI is InChI=1S/C22H21FN6O4/c1-28-8-9-31-27-21(28)19-5-2-14(11-24-19)17-4-3-15(10-18(17)23)29-13-16(32-22(29)30)12-25-20-6-7-26-33-20/h2-7,10-11,16,25H,8-9,12-13H2,1H3/t16-/m0/s1. The molecule has 5 rings (SSSR count). The van der Waals surface area contributed by atoms with Crippen LogP contribution >= 0.6 is 0 Å². The molecule has 3 aromatic rings. The van der Waals surface area contributed by atoms with E-state index in [0.717, 1.165) is 0 Å². The van der Waals surface area contributed by atoms with Crippen LogP contribution in [0.4, 0.5) is 20.8 Å². The first-order chi connectivity index (χ1) is 16.1.